The van der Waals surface area contributed by atoms with Gasteiger partial charge >= 0.3 is 5.82 Å². The normalized spacial score (nSPS) is 12.0. The number of aromatic nitrogens is 4. The van der Waals surface area contributed by atoms with Crippen molar-refractivity contribution in [2.75, 3.05) is 5.32 Å². The number of benzene rings is 1. The molecule has 0 aliphatic rings. The second-order valence-electron chi connectivity index (χ2n) is 6.75. The summed E-state index contributed by atoms with van der Waals surface area (Å²) in [4.78, 5) is 22.8. The van der Waals surface area contributed by atoms with Crippen LogP contribution >= 0.6 is 34.8 Å². The van der Waals surface area contributed by atoms with E-state index in [4.69, 9.17) is 34.8 Å². The molecule has 3 aromatic rings. The first-order chi connectivity index (χ1) is 14.1. The minimum Gasteiger partial charge on any atom is -0.358 e. The third-order valence-electron chi connectivity index (χ3n) is 4.34. The second-order valence-corrected chi connectivity index (χ2v) is 7.97. The highest BCUT2D eigenvalue weighted by molar-refractivity contribution is 6.42. The number of rotatable bonds is 7. The second kappa shape index (κ2) is 9.03. The third kappa shape index (κ3) is 5.10. The molecule has 30 heavy (non-hydrogen) atoms. The van der Waals surface area contributed by atoms with Crippen LogP contribution in [0.25, 0.3) is 0 Å². The molecule has 2 heterocycles. The van der Waals surface area contributed by atoms with Crippen molar-refractivity contribution in [1.29, 1.82) is 0 Å². The Balaban J connectivity index is 1.66. The zero-order chi connectivity index (χ0) is 22.0. The molecule has 2 aromatic heterocycles. The zero-order valence-corrected chi connectivity index (χ0v) is 18.2. The van der Waals surface area contributed by atoms with Gasteiger partial charge in [0, 0.05) is 6.20 Å². The number of nitrogens with zero attached hydrogens (tertiary/aromatic N) is 5. The Kier molecular flexibility index (Phi) is 6.64. The number of carbonyl (C=O) groups excluding carboxylic acids is 1. The molecule has 1 amide bonds. The van der Waals surface area contributed by atoms with E-state index in [2.05, 4.69) is 15.5 Å². The summed E-state index contributed by atoms with van der Waals surface area (Å²) in [6.07, 6.45) is 1.59. The Morgan fingerprint density at radius 2 is 1.93 bits per heavy atom. The van der Waals surface area contributed by atoms with Crippen LogP contribution in [0, 0.1) is 23.0 Å². The van der Waals surface area contributed by atoms with Crippen molar-refractivity contribution >= 4 is 52.3 Å². The number of amides is 1. The number of nitrogens with one attached hydrogen (secondary N) is 1. The summed E-state index contributed by atoms with van der Waals surface area (Å²) in [6, 6.07) is 6.59. The summed E-state index contributed by atoms with van der Waals surface area (Å²) in [7, 11) is 0. The molecule has 0 aliphatic heterocycles. The minimum absolute atomic E-state index is 0.174. The molecule has 1 atom stereocenters. The predicted molar refractivity (Wildman–Crippen MR) is 114 cm³/mol. The van der Waals surface area contributed by atoms with Crippen LogP contribution in [0.5, 0.6) is 0 Å². The Morgan fingerprint density at radius 3 is 2.57 bits per heavy atom. The summed E-state index contributed by atoms with van der Waals surface area (Å²) in [5.41, 5.74) is 1.45. The number of aryl methyl sites for hydroxylation is 1. The first kappa shape index (κ1) is 22.1. The van der Waals surface area contributed by atoms with Gasteiger partial charge in [-0.05, 0) is 29.5 Å². The van der Waals surface area contributed by atoms with Crippen LogP contribution in [-0.2, 0) is 17.9 Å². The van der Waals surface area contributed by atoms with Gasteiger partial charge in [-0.25, -0.2) is 0 Å². The molecule has 9 nitrogen and oxygen atoms in total. The molecule has 0 spiro atoms. The number of hydrogen-bond acceptors (Lipinski definition) is 5. The lowest BCUT2D eigenvalue weighted by Gasteiger charge is -2.10. The van der Waals surface area contributed by atoms with Gasteiger partial charge in [0.25, 0.3) is 0 Å². The lowest BCUT2D eigenvalue weighted by atomic mass is 10.1. The molecule has 1 unspecified atom stereocenters. The third-order valence-corrected chi connectivity index (χ3v) is 5.35. The number of carbonyl (C=O) groups is 1. The molecule has 0 aliphatic carbocycles. The van der Waals surface area contributed by atoms with Gasteiger partial charge in [0.05, 0.1) is 45.9 Å². The molecular weight excluding hydrogens is 455 g/mol. The fourth-order valence-corrected chi connectivity index (χ4v) is 3.26. The predicted octanol–water partition coefficient (Wildman–Crippen LogP) is 4.58. The van der Waals surface area contributed by atoms with Crippen molar-refractivity contribution in [1.82, 2.24) is 19.6 Å². The van der Waals surface area contributed by atoms with Crippen molar-refractivity contribution in [3.8, 4) is 0 Å². The maximum Gasteiger partial charge on any atom is 0.390 e. The fraction of sp³-hybridized carbons (Fsp3) is 0.278. The monoisotopic (exact) mass is 470 g/mol. The van der Waals surface area contributed by atoms with Crippen molar-refractivity contribution in [2.45, 2.75) is 26.9 Å². The van der Waals surface area contributed by atoms with Crippen LogP contribution in [0.2, 0.25) is 15.1 Å². The average molecular weight is 472 g/mol. The van der Waals surface area contributed by atoms with E-state index in [1.54, 1.807) is 36.9 Å². The molecule has 0 fully saturated rings. The van der Waals surface area contributed by atoms with E-state index < -0.39 is 10.8 Å². The van der Waals surface area contributed by atoms with Gasteiger partial charge in [-0.2, -0.15) is 9.78 Å². The number of anilines is 1. The molecule has 0 radical (unpaired) electrons. The van der Waals surface area contributed by atoms with Crippen LogP contribution in [0.4, 0.5) is 11.6 Å². The Hall–Kier alpha value is -2.62. The smallest absolute Gasteiger partial charge is 0.358 e. The largest absolute Gasteiger partial charge is 0.390 e. The van der Waals surface area contributed by atoms with Crippen molar-refractivity contribution in [2.24, 2.45) is 5.92 Å². The van der Waals surface area contributed by atoms with E-state index in [0.717, 1.165) is 5.56 Å². The lowest BCUT2D eigenvalue weighted by molar-refractivity contribution is -0.389. The summed E-state index contributed by atoms with van der Waals surface area (Å²) in [6.45, 7) is 3.93. The number of nitro groups is 1. The van der Waals surface area contributed by atoms with E-state index in [-0.39, 0.29) is 29.1 Å². The van der Waals surface area contributed by atoms with E-state index in [9.17, 15) is 14.9 Å². The summed E-state index contributed by atoms with van der Waals surface area (Å²) < 4.78 is 3.00. The van der Waals surface area contributed by atoms with Gasteiger partial charge in [0.2, 0.25) is 5.91 Å². The highest BCUT2D eigenvalue weighted by Gasteiger charge is 2.22. The molecular formula is C18H17Cl3N6O3. The van der Waals surface area contributed by atoms with E-state index >= 15 is 0 Å². The molecule has 12 heteroatoms. The van der Waals surface area contributed by atoms with E-state index in [1.807, 2.05) is 6.07 Å². The van der Waals surface area contributed by atoms with Crippen molar-refractivity contribution in [3.63, 3.8) is 0 Å². The number of hydrogen-bond donors (Lipinski definition) is 1. The Bertz CT molecular complexity index is 1110. The molecule has 0 saturated heterocycles. The van der Waals surface area contributed by atoms with Crippen LogP contribution in [0.15, 0.2) is 30.5 Å². The molecule has 1 aromatic carbocycles. The lowest BCUT2D eigenvalue weighted by Crippen LogP contribution is -2.25. The number of halogens is 3. The molecule has 0 saturated carbocycles. The fourth-order valence-electron chi connectivity index (χ4n) is 2.74. The molecule has 158 valence electrons. The van der Waals surface area contributed by atoms with Gasteiger partial charge in [-0.1, -0.05) is 47.8 Å². The van der Waals surface area contributed by atoms with E-state index in [1.165, 1.54) is 10.7 Å². The first-order valence-electron chi connectivity index (χ1n) is 8.80. The van der Waals surface area contributed by atoms with Gasteiger partial charge in [-0.3, -0.25) is 9.48 Å². The van der Waals surface area contributed by atoms with Gasteiger partial charge in [-0.15, -0.1) is 0 Å². The zero-order valence-electron chi connectivity index (χ0n) is 16.0. The molecule has 1 N–H and O–H groups in total. The summed E-state index contributed by atoms with van der Waals surface area (Å²) in [5, 5.41) is 22.9. The standard InChI is InChI=1S/C18H17Cl3N6O3/c1-10(7-26-11(2)5-16(23-26)27(29)30)18(28)22-17-15(21)9-25(24-17)8-12-3-4-13(19)14(20)6-12/h3-6,9-10H,7-8H2,1-2H3,(H,22,24,28). The van der Waals surface area contributed by atoms with Gasteiger partial charge < -0.3 is 15.4 Å². The SMILES string of the molecule is Cc1cc([N+](=O)[O-])nn1CC(C)C(=O)Nc1nn(Cc2ccc(Cl)c(Cl)c2)cc1Cl. The molecule has 3 rings (SSSR count). The highest BCUT2D eigenvalue weighted by Crippen LogP contribution is 2.25. The van der Waals surface area contributed by atoms with Gasteiger partial charge in [0.1, 0.15) is 5.02 Å². The highest BCUT2D eigenvalue weighted by atomic mass is 35.5. The van der Waals surface area contributed by atoms with Crippen molar-refractivity contribution < 1.29 is 9.72 Å². The van der Waals surface area contributed by atoms with E-state index in [0.29, 0.717) is 22.3 Å². The van der Waals surface area contributed by atoms with Crippen LogP contribution in [-0.4, -0.2) is 30.4 Å². The van der Waals surface area contributed by atoms with Crippen LogP contribution in [0.1, 0.15) is 18.2 Å². The average Bonchev–Trinajstić information content (AvgIpc) is 3.20. The summed E-state index contributed by atoms with van der Waals surface area (Å²) >= 11 is 18.2. The van der Waals surface area contributed by atoms with Crippen LogP contribution < -0.4 is 5.32 Å². The Labute approximate surface area is 186 Å². The van der Waals surface area contributed by atoms with Crippen molar-refractivity contribution in [3.05, 3.63) is 66.9 Å². The minimum atomic E-state index is -0.575. The Morgan fingerprint density at radius 1 is 1.20 bits per heavy atom. The maximum atomic E-state index is 12.5. The first-order valence-corrected chi connectivity index (χ1v) is 9.94. The summed E-state index contributed by atoms with van der Waals surface area (Å²) in [5.74, 6) is -0.908. The topological polar surface area (TPSA) is 108 Å². The molecule has 0 bridgehead atoms. The van der Waals surface area contributed by atoms with Gasteiger partial charge in [0.15, 0.2) is 5.82 Å². The van der Waals surface area contributed by atoms with Crippen LogP contribution in [0.3, 0.4) is 0 Å². The maximum absolute atomic E-state index is 12.5. The quantitative estimate of drug-likeness (QED) is 0.401.